The molecule has 3 aromatic heterocycles. The second kappa shape index (κ2) is 8.14. The van der Waals surface area contributed by atoms with Crippen LogP contribution in [0.5, 0.6) is 0 Å². The van der Waals surface area contributed by atoms with Gasteiger partial charge < -0.3 is 5.73 Å². The van der Waals surface area contributed by atoms with Crippen LogP contribution < -0.4 is 5.73 Å². The molecule has 0 radical (unpaired) electrons. The zero-order valence-electron chi connectivity index (χ0n) is 15.4. The number of rotatable bonds is 5. The van der Waals surface area contributed by atoms with E-state index in [1.54, 1.807) is 54.9 Å². The fourth-order valence-electron chi connectivity index (χ4n) is 3.59. The molecule has 3 heterocycles. The van der Waals surface area contributed by atoms with E-state index in [0.29, 0.717) is 17.1 Å². The predicted octanol–water partition coefficient (Wildman–Crippen LogP) is 4.70. The van der Waals surface area contributed by atoms with Crippen molar-refractivity contribution in [2.24, 2.45) is 0 Å². The minimum atomic E-state index is -0.572. The molecular formula is C23H18F2N4. The normalized spacial score (nSPS) is 13.0. The third-order valence-electron chi connectivity index (χ3n) is 4.84. The predicted molar refractivity (Wildman–Crippen MR) is 107 cm³/mol. The van der Waals surface area contributed by atoms with Crippen molar-refractivity contribution in [1.82, 2.24) is 15.0 Å². The number of hydrogen-bond donors (Lipinski definition) is 1. The lowest BCUT2D eigenvalue weighted by molar-refractivity contribution is 0.540. The third-order valence-corrected chi connectivity index (χ3v) is 4.84. The molecule has 0 bridgehead atoms. The summed E-state index contributed by atoms with van der Waals surface area (Å²) in [6.45, 7) is 0. The summed E-state index contributed by atoms with van der Waals surface area (Å²) in [7, 11) is 0. The number of pyridine rings is 3. The van der Waals surface area contributed by atoms with Crippen LogP contribution in [0, 0.1) is 11.8 Å². The maximum Gasteiger partial charge on any atom is 0.216 e. The molecular weight excluding hydrogens is 370 g/mol. The van der Waals surface area contributed by atoms with E-state index in [4.69, 9.17) is 5.73 Å². The van der Waals surface area contributed by atoms with E-state index in [1.807, 2.05) is 12.1 Å². The average Bonchev–Trinajstić information content (AvgIpc) is 2.74. The molecule has 0 aliphatic heterocycles. The highest BCUT2D eigenvalue weighted by atomic mass is 19.1. The molecule has 4 aromatic rings. The summed E-state index contributed by atoms with van der Waals surface area (Å²) in [5.41, 5.74) is 8.55. The van der Waals surface area contributed by atoms with Crippen molar-refractivity contribution in [3.05, 3.63) is 119 Å². The molecule has 0 fully saturated rings. The van der Waals surface area contributed by atoms with Gasteiger partial charge in [-0.3, -0.25) is 4.98 Å². The maximum atomic E-state index is 14.8. The van der Waals surface area contributed by atoms with E-state index in [0.717, 1.165) is 11.1 Å². The molecule has 0 aliphatic rings. The van der Waals surface area contributed by atoms with Gasteiger partial charge in [0.2, 0.25) is 5.95 Å². The van der Waals surface area contributed by atoms with Crippen LogP contribution in [0.1, 0.15) is 34.2 Å². The molecule has 1 aromatic carbocycles. The van der Waals surface area contributed by atoms with Gasteiger partial charge in [-0.25, -0.2) is 14.4 Å². The molecule has 6 heteroatoms. The van der Waals surface area contributed by atoms with E-state index in [-0.39, 0.29) is 5.82 Å². The lowest BCUT2D eigenvalue weighted by Gasteiger charge is -2.28. The third kappa shape index (κ3) is 3.96. The number of nitrogens with zero attached hydrogens (tertiary/aromatic N) is 3. The zero-order valence-corrected chi connectivity index (χ0v) is 15.4. The van der Waals surface area contributed by atoms with E-state index in [9.17, 15) is 8.78 Å². The molecule has 2 N–H and O–H groups in total. The van der Waals surface area contributed by atoms with Gasteiger partial charge in [0, 0.05) is 36.0 Å². The molecule has 0 amide bonds. The van der Waals surface area contributed by atoms with E-state index < -0.39 is 17.8 Å². The number of nitrogens with two attached hydrogens (primary N) is 1. The Morgan fingerprint density at radius 1 is 0.759 bits per heavy atom. The van der Waals surface area contributed by atoms with Gasteiger partial charge in [0.05, 0.1) is 5.69 Å². The summed E-state index contributed by atoms with van der Waals surface area (Å²) in [6.07, 6.45) is 4.76. The summed E-state index contributed by atoms with van der Waals surface area (Å²) < 4.78 is 28.4. The van der Waals surface area contributed by atoms with Crippen LogP contribution in [-0.4, -0.2) is 15.0 Å². The quantitative estimate of drug-likeness (QED) is 0.504. The number of hydrogen-bond acceptors (Lipinski definition) is 4. The molecule has 2 atom stereocenters. The number of nitrogen functional groups attached to an aromatic ring is 1. The maximum absolute atomic E-state index is 14.8. The molecule has 0 saturated heterocycles. The first-order valence-corrected chi connectivity index (χ1v) is 9.11. The van der Waals surface area contributed by atoms with Crippen LogP contribution in [0.4, 0.5) is 14.6 Å². The van der Waals surface area contributed by atoms with Crippen molar-refractivity contribution in [2.45, 2.75) is 11.8 Å². The van der Waals surface area contributed by atoms with Crippen molar-refractivity contribution in [3.63, 3.8) is 0 Å². The minimum Gasteiger partial charge on any atom is -0.384 e. The molecule has 144 valence electrons. The Kier molecular flexibility index (Phi) is 5.24. The monoisotopic (exact) mass is 388 g/mol. The van der Waals surface area contributed by atoms with Crippen molar-refractivity contribution in [3.8, 4) is 0 Å². The Hall–Kier alpha value is -3.67. The first-order valence-electron chi connectivity index (χ1n) is 9.11. The number of aromatic nitrogens is 3. The van der Waals surface area contributed by atoms with Crippen LogP contribution in [0.15, 0.2) is 85.3 Å². The van der Waals surface area contributed by atoms with Gasteiger partial charge in [0.1, 0.15) is 11.6 Å². The van der Waals surface area contributed by atoms with Gasteiger partial charge in [0.25, 0.3) is 0 Å². The highest BCUT2D eigenvalue weighted by Gasteiger charge is 2.31. The lowest BCUT2D eigenvalue weighted by Crippen LogP contribution is -2.18. The van der Waals surface area contributed by atoms with Gasteiger partial charge in [-0.05, 0) is 47.5 Å². The summed E-state index contributed by atoms with van der Waals surface area (Å²) in [6, 6.07) is 18.5. The zero-order chi connectivity index (χ0) is 20.2. The van der Waals surface area contributed by atoms with Crippen molar-refractivity contribution in [1.29, 1.82) is 0 Å². The smallest absolute Gasteiger partial charge is 0.216 e. The van der Waals surface area contributed by atoms with Crippen molar-refractivity contribution in [2.75, 3.05) is 5.73 Å². The number of halogens is 2. The molecule has 4 nitrogen and oxygen atoms in total. The van der Waals surface area contributed by atoms with Gasteiger partial charge in [0.15, 0.2) is 0 Å². The van der Waals surface area contributed by atoms with Gasteiger partial charge >= 0.3 is 0 Å². The van der Waals surface area contributed by atoms with E-state index in [2.05, 4.69) is 15.0 Å². The highest BCUT2D eigenvalue weighted by Crippen LogP contribution is 2.42. The Morgan fingerprint density at radius 3 is 2.24 bits per heavy atom. The van der Waals surface area contributed by atoms with Gasteiger partial charge in [-0.2, -0.15) is 4.39 Å². The topological polar surface area (TPSA) is 64.7 Å². The van der Waals surface area contributed by atoms with Crippen LogP contribution >= 0.6 is 0 Å². The molecule has 29 heavy (non-hydrogen) atoms. The van der Waals surface area contributed by atoms with Crippen LogP contribution in [0.25, 0.3) is 0 Å². The fraction of sp³-hybridized carbons (Fsp3) is 0.0870. The van der Waals surface area contributed by atoms with Crippen molar-refractivity contribution >= 4 is 5.82 Å². The first kappa shape index (κ1) is 18.7. The van der Waals surface area contributed by atoms with Gasteiger partial charge in [-0.1, -0.05) is 30.3 Å². The Balaban J connectivity index is 1.98. The SMILES string of the molecule is Nc1cccc(C(c2ccc(F)cc2)C(c2cccnc2)c2cccnc2F)n1. The van der Waals surface area contributed by atoms with Crippen LogP contribution in [0.3, 0.4) is 0 Å². The second-order valence-corrected chi connectivity index (χ2v) is 6.66. The Bertz CT molecular complexity index is 1100. The largest absolute Gasteiger partial charge is 0.384 e. The van der Waals surface area contributed by atoms with E-state index in [1.165, 1.54) is 18.3 Å². The van der Waals surface area contributed by atoms with Crippen LogP contribution in [-0.2, 0) is 0 Å². The van der Waals surface area contributed by atoms with Gasteiger partial charge in [-0.15, -0.1) is 0 Å². The summed E-state index contributed by atoms with van der Waals surface area (Å²) >= 11 is 0. The molecule has 4 rings (SSSR count). The van der Waals surface area contributed by atoms with Crippen molar-refractivity contribution < 1.29 is 8.78 Å². The number of anilines is 1. The van der Waals surface area contributed by atoms with Crippen LogP contribution in [0.2, 0.25) is 0 Å². The Labute approximate surface area is 167 Å². The lowest BCUT2D eigenvalue weighted by atomic mass is 9.76. The van der Waals surface area contributed by atoms with E-state index >= 15 is 0 Å². The first-order chi connectivity index (χ1) is 14.1. The highest BCUT2D eigenvalue weighted by molar-refractivity contribution is 5.43. The fourth-order valence-corrected chi connectivity index (χ4v) is 3.59. The Morgan fingerprint density at radius 2 is 1.55 bits per heavy atom. The molecule has 0 aliphatic carbocycles. The molecule has 0 spiro atoms. The minimum absolute atomic E-state index is 0.349. The molecule has 2 unspecified atom stereocenters. The summed E-state index contributed by atoms with van der Waals surface area (Å²) in [5, 5.41) is 0. The standard InChI is InChI=1S/C23H18F2N4/c24-17-10-8-15(9-11-17)22(19-6-1-7-20(26)29-19)21(16-4-2-12-27-14-16)18-5-3-13-28-23(18)25/h1-14,21-22H,(H2,26,29). The molecule has 0 saturated carbocycles. The summed E-state index contributed by atoms with van der Waals surface area (Å²) in [5.74, 6) is -1.48. The second-order valence-electron chi connectivity index (χ2n) is 6.66. The number of benzene rings is 1. The average molecular weight is 388 g/mol. The summed E-state index contributed by atoms with van der Waals surface area (Å²) in [4.78, 5) is 12.5.